The maximum atomic E-state index is 12.1. The molecule has 19 heavy (non-hydrogen) atoms. The molecule has 1 unspecified atom stereocenters. The average Bonchev–Trinajstić information content (AvgIpc) is 2.39. The van der Waals surface area contributed by atoms with E-state index in [1.54, 1.807) is 24.5 Å². The molecule has 2 rings (SSSR count). The predicted octanol–water partition coefficient (Wildman–Crippen LogP) is 1.33. The van der Waals surface area contributed by atoms with Crippen LogP contribution in [-0.4, -0.2) is 42.8 Å². The maximum Gasteiger partial charge on any atom is 0.211 e. The second-order valence-electron chi connectivity index (χ2n) is 4.99. The fourth-order valence-corrected chi connectivity index (χ4v) is 3.35. The number of Topliss-reactive ketones (excluding diaryl/α,β-unsaturated/α-hetero) is 1. The molecule has 2 heterocycles. The van der Waals surface area contributed by atoms with Crippen LogP contribution in [0, 0.1) is 5.92 Å². The Balaban J connectivity index is 1.98. The molecule has 5 nitrogen and oxygen atoms in total. The van der Waals surface area contributed by atoms with E-state index in [0.29, 0.717) is 25.1 Å². The van der Waals surface area contributed by atoms with Crippen molar-refractivity contribution in [3.8, 4) is 0 Å². The summed E-state index contributed by atoms with van der Waals surface area (Å²) in [6, 6.07) is 3.39. The normalized spacial score (nSPS) is 21.2. The van der Waals surface area contributed by atoms with Crippen molar-refractivity contribution in [1.29, 1.82) is 0 Å². The number of aromatic nitrogens is 1. The topological polar surface area (TPSA) is 67.3 Å². The number of piperidine rings is 1. The predicted molar refractivity (Wildman–Crippen MR) is 72.3 cm³/mol. The van der Waals surface area contributed by atoms with Crippen molar-refractivity contribution in [1.82, 2.24) is 9.29 Å². The number of rotatable bonds is 4. The average molecular weight is 282 g/mol. The molecule has 0 aliphatic carbocycles. The first-order chi connectivity index (χ1) is 8.97. The van der Waals surface area contributed by atoms with Gasteiger partial charge < -0.3 is 0 Å². The zero-order valence-electron chi connectivity index (χ0n) is 10.9. The minimum absolute atomic E-state index is 0.0581. The van der Waals surface area contributed by atoms with Crippen LogP contribution in [0.15, 0.2) is 24.5 Å². The molecule has 6 heteroatoms. The zero-order valence-corrected chi connectivity index (χ0v) is 11.8. The van der Waals surface area contributed by atoms with Crippen LogP contribution in [0.5, 0.6) is 0 Å². The van der Waals surface area contributed by atoms with Gasteiger partial charge in [-0.2, -0.15) is 0 Å². The molecule has 1 aliphatic heterocycles. The van der Waals surface area contributed by atoms with Crippen LogP contribution in [0.4, 0.5) is 0 Å². The third kappa shape index (κ3) is 3.84. The molecule has 1 aromatic rings. The molecule has 1 saturated heterocycles. The van der Waals surface area contributed by atoms with Gasteiger partial charge in [-0.1, -0.05) is 0 Å². The summed E-state index contributed by atoms with van der Waals surface area (Å²) in [7, 11) is -3.15. The number of hydrogen-bond donors (Lipinski definition) is 0. The zero-order chi connectivity index (χ0) is 13.9. The number of pyridine rings is 1. The Morgan fingerprint density at radius 2 is 2.11 bits per heavy atom. The minimum Gasteiger partial charge on any atom is -0.294 e. The van der Waals surface area contributed by atoms with E-state index in [4.69, 9.17) is 0 Å². The quantitative estimate of drug-likeness (QED) is 0.781. The summed E-state index contributed by atoms with van der Waals surface area (Å²) in [5, 5.41) is 0. The molecule has 0 radical (unpaired) electrons. The van der Waals surface area contributed by atoms with Gasteiger partial charge in [-0.25, -0.2) is 12.7 Å². The summed E-state index contributed by atoms with van der Waals surface area (Å²) in [5.41, 5.74) is 0.645. The van der Waals surface area contributed by atoms with E-state index in [-0.39, 0.29) is 11.7 Å². The van der Waals surface area contributed by atoms with Gasteiger partial charge >= 0.3 is 0 Å². The van der Waals surface area contributed by atoms with Gasteiger partial charge in [0, 0.05) is 37.5 Å². The molecule has 1 aromatic heterocycles. The highest BCUT2D eigenvalue weighted by molar-refractivity contribution is 7.88. The summed E-state index contributed by atoms with van der Waals surface area (Å²) in [6.07, 6.45) is 6.54. The molecule has 0 saturated carbocycles. The molecule has 0 amide bonds. The van der Waals surface area contributed by atoms with Crippen molar-refractivity contribution >= 4 is 15.8 Å². The van der Waals surface area contributed by atoms with E-state index in [9.17, 15) is 13.2 Å². The molecule has 0 bridgehead atoms. The smallest absolute Gasteiger partial charge is 0.211 e. The summed E-state index contributed by atoms with van der Waals surface area (Å²) < 4.78 is 24.5. The van der Waals surface area contributed by atoms with E-state index in [1.807, 2.05) is 0 Å². The van der Waals surface area contributed by atoms with Crippen molar-refractivity contribution in [2.24, 2.45) is 5.92 Å². The van der Waals surface area contributed by atoms with Gasteiger partial charge in [0.15, 0.2) is 5.78 Å². The number of ketones is 1. The Morgan fingerprint density at radius 1 is 1.42 bits per heavy atom. The van der Waals surface area contributed by atoms with Crippen LogP contribution in [0.1, 0.15) is 29.6 Å². The Morgan fingerprint density at radius 3 is 2.74 bits per heavy atom. The van der Waals surface area contributed by atoms with E-state index < -0.39 is 10.0 Å². The number of carbonyl (C=O) groups excluding carboxylic acids is 1. The van der Waals surface area contributed by atoms with Crippen molar-refractivity contribution in [3.05, 3.63) is 30.1 Å². The first kappa shape index (κ1) is 14.1. The summed E-state index contributed by atoms with van der Waals surface area (Å²) in [4.78, 5) is 16.0. The van der Waals surface area contributed by atoms with Crippen LogP contribution in [0.2, 0.25) is 0 Å². The van der Waals surface area contributed by atoms with Crippen molar-refractivity contribution in [3.63, 3.8) is 0 Å². The van der Waals surface area contributed by atoms with E-state index >= 15 is 0 Å². The third-order valence-electron chi connectivity index (χ3n) is 3.43. The van der Waals surface area contributed by atoms with Crippen molar-refractivity contribution in [2.45, 2.75) is 19.3 Å². The second-order valence-corrected chi connectivity index (χ2v) is 6.97. The maximum absolute atomic E-state index is 12.1. The second kappa shape index (κ2) is 5.79. The lowest BCUT2D eigenvalue weighted by Crippen LogP contribution is -2.39. The number of hydrogen-bond acceptors (Lipinski definition) is 4. The van der Waals surface area contributed by atoms with Crippen molar-refractivity contribution < 1.29 is 13.2 Å². The molecular formula is C13H18N2O3S. The Bertz CT molecular complexity index is 542. The minimum atomic E-state index is -3.15. The molecule has 1 atom stereocenters. The standard InChI is InChI=1S/C13H18N2O3S/c1-19(17,18)15-8-2-3-11(10-15)9-13(16)12-4-6-14-7-5-12/h4-7,11H,2-3,8-10H2,1H3. The molecule has 0 aromatic carbocycles. The van der Waals surface area contributed by atoms with Crippen LogP contribution in [0.25, 0.3) is 0 Å². The molecule has 0 N–H and O–H groups in total. The Kier molecular flexibility index (Phi) is 4.31. The highest BCUT2D eigenvalue weighted by Gasteiger charge is 2.27. The summed E-state index contributed by atoms with van der Waals surface area (Å²) in [6.45, 7) is 1.02. The van der Waals surface area contributed by atoms with Gasteiger partial charge in [0.05, 0.1) is 6.26 Å². The van der Waals surface area contributed by atoms with Gasteiger partial charge in [0.1, 0.15) is 0 Å². The Hall–Kier alpha value is -1.27. The molecule has 104 valence electrons. The third-order valence-corrected chi connectivity index (χ3v) is 4.70. The molecular weight excluding hydrogens is 264 g/mol. The summed E-state index contributed by atoms with van der Waals surface area (Å²) in [5.74, 6) is 0.173. The fraction of sp³-hybridized carbons (Fsp3) is 0.538. The summed E-state index contributed by atoms with van der Waals surface area (Å²) >= 11 is 0. The van der Waals surface area contributed by atoms with Gasteiger partial charge in [0.25, 0.3) is 0 Å². The molecule has 1 fully saturated rings. The van der Waals surface area contributed by atoms with E-state index in [2.05, 4.69) is 4.98 Å². The monoisotopic (exact) mass is 282 g/mol. The SMILES string of the molecule is CS(=O)(=O)N1CCCC(CC(=O)c2ccncc2)C1. The lowest BCUT2D eigenvalue weighted by Gasteiger charge is -2.30. The lowest BCUT2D eigenvalue weighted by molar-refractivity contribution is 0.0942. The van der Waals surface area contributed by atoms with Crippen molar-refractivity contribution in [2.75, 3.05) is 19.3 Å². The lowest BCUT2D eigenvalue weighted by atomic mass is 9.92. The van der Waals surface area contributed by atoms with E-state index in [1.165, 1.54) is 10.6 Å². The first-order valence-electron chi connectivity index (χ1n) is 6.35. The number of carbonyl (C=O) groups is 1. The van der Waals surface area contributed by atoms with Gasteiger partial charge in [-0.15, -0.1) is 0 Å². The van der Waals surface area contributed by atoms with Gasteiger partial charge in [-0.3, -0.25) is 9.78 Å². The first-order valence-corrected chi connectivity index (χ1v) is 8.20. The van der Waals surface area contributed by atoms with Crippen LogP contribution in [0.3, 0.4) is 0 Å². The largest absolute Gasteiger partial charge is 0.294 e. The van der Waals surface area contributed by atoms with Gasteiger partial charge in [0.2, 0.25) is 10.0 Å². The number of sulfonamides is 1. The highest BCUT2D eigenvalue weighted by Crippen LogP contribution is 2.22. The Labute approximate surface area is 113 Å². The van der Waals surface area contributed by atoms with Crippen LogP contribution < -0.4 is 0 Å². The molecule has 1 aliphatic rings. The molecule has 0 spiro atoms. The van der Waals surface area contributed by atoms with Gasteiger partial charge in [-0.05, 0) is 30.9 Å². The fourth-order valence-electron chi connectivity index (χ4n) is 2.41. The number of nitrogens with zero attached hydrogens (tertiary/aromatic N) is 2. The highest BCUT2D eigenvalue weighted by atomic mass is 32.2. The van der Waals surface area contributed by atoms with Crippen LogP contribution >= 0.6 is 0 Å². The van der Waals surface area contributed by atoms with E-state index in [0.717, 1.165) is 12.8 Å². The van der Waals surface area contributed by atoms with Crippen LogP contribution in [-0.2, 0) is 10.0 Å².